The van der Waals surface area contributed by atoms with Crippen molar-refractivity contribution in [3.63, 3.8) is 0 Å². The Morgan fingerprint density at radius 2 is 2.07 bits per heavy atom. The molecule has 0 bridgehead atoms. The molecule has 0 spiro atoms. The summed E-state index contributed by atoms with van der Waals surface area (Å²) in [7, 11) is 0. The summed E-state index contributed by atoms with van der Waals surface area (Å²) in [5.74, 6) is 2.19. The van der Waals surface area contributed by atoms with Crippen LogP contribution >= 0.6 is 0 Å². The topological polar surface area (TPSA) is 71.3 Å². The molecule has 152 valence electrons. The molecule has 1 N–H and O–H groups in total. The summed E-state index contributed by atoms with van der Waals surface area (Å²) in [4.78, 5) is 18.8. The second-order valence-electron chi connectivity index (χ2n) is 7.89. The number of rotatable bonds is 9. The van der Waals surface area contributed by atoms with E-state index in [0.29, 0.717) is 31.7 Å². The third kappa shape index (κ3) is 6.44. The zero-order valence-corrected chi connectivity index (χ0v) is 17.1. The van der Waals surface area contributed by atoms with Gasteiger partial charge in [0.15, 0.2) is 5.82 Å². The molecule has 1 aliphatic rings. The van der Waals surface area contributed by atoms with Gasteiger partial charge in [-0.05, 0) is 42.9 Å². The second kappa shape index (κ2) is 10.4. The van der Waals surface area contributed by atoms with Gasteiger partial charge < -0.3 is 9.84 Å². The van der Waals surface area contributed by atoms with E-state index >= 15 is 0 Å². The maximum atomic E-state index is 12.0. The first kappa shape index (κ1) is 20.5. The van der Waals surface area contributed by atoms with Crippen molar-refractivity contribution in [2.24, 2.45) is 5.92 Å². The van der Waals surface area contributed by atoms with Crippen molar-refractivity contribution in [1.82, 2.24) is 20.4 Å². The predicted molar refractivity (Wildman–Crippen MR) is 109 cm³/mol. The minimum atomic E-state index is 0.0570. The molecule has 1 aromatic heterocycles. The fraction of sp³-hybridized carbons (Fsp3) is 0.591. The van der Waals surface area contributed by atoms with E-state index in [0.717, 1.165) is 30.3 Å². The standard InChI is InChI=1S/C22H32N4O2/c1-3-20-24-22(28-25-20)8-4-7-21(27)23-14-18-9-11-19(12-10-18)16-26-13-5-6-17(2)15-26/h9-12,17H,3-8,13-16H2,1-2H3,(H,23,27). The number of carbonyl (C=O) groups is 1. The number of likely N-dealkylation sites (tertiary alicyclic amines) is 1. The van der Waals surface area contributed by atoms with Crippen LogP contribution in [0.3, 0.4) is 0 Å². The predicted octanol–water partition coefficient (Wildman–Crippen LogP) is 3.50. The molecule has 1 unspecified atom stereocenters. The van der Waals surface area contributed by atoms with Crippen LogP contribution in [0.5, 0.6) is 0 Å². The summed E-state index contributed by atoms with van der Waals surface area (Å²) in [6, 6.07) is 8.60. The number of nitrogens with zero attached hydrogens (tertiary/aromatic N) is 3. The van der Waals surface area contributed by atoms with Crippen LogP contribution in [0, 0.1) is 5.92 Å². The zero-order chi connectivity index (χ0) is 19.8. The molecule has 3 rings (SSSR count). The number of benzene rings is 1. The smallest absolute Gasteiger partial charge is 0.226 e. The van der Waals surface area contributed by atoms with Crippen LogP contribution in [-0.4, -0.2) is 34.0 Å². The van der Waals surface area contributed by atoms with Gasteiger partial charge in [-0.15, -0.1) is 0 Å². The van der Waals surface area contributed by atoms with Gasteiger partial charge in [-0.25, -0.2) is 0 Å². The van der Waals surface area contributed by atoms with Gasteiger partial charge in [0.05, 0.1) is 0 Å². The van der Waals surface area contributed by atoms with Gasteiger partial charge in [0.1, 0.15) is 0 Å². The number of carbonyl (C=O) groups excluding carboxylic acids is 1. The van der Waals surface area contributed by atoms with E-state index in [1.54, 1.807) is 0 Å². The van der Waals surface area contributed by atoms with Crippen molar-refractivity contribution in [2.45, 2.75) is 65.5 Å². The van der Waals surface area contributed by atoms with Crippen LogP contribution in [0.4, 0.5) is 0 Å². The monoisotopic (exact) mass is 384 g/mol. The Labute approximate surface area is 167 Å². The van der Waals surface area contributed by atoms with Crippen LogP contribution in [0.2, 0.25) is 0 Å². The van der Waals surface area contributed by atoms with Crippen molar-refractivity contribution in [3.05, 3.63) is 47.1 Å². The lowest BCUT2D eigenvalue weighted by atomic mass is 9.99. The molecular formula is C22H32N4O2. The highest BCUT2D eigenvalue weighted by molar-refractivity contribution is 5.75. The zero-order valence-electron chi connectivity index (χ0n) is 17.1. The van der Waals surface area contributed by atoms with E-state index in [1.165, 1.54) is 31.5 Å². The van der Waals surface area contributed by atoms with Crippen LogP contribution in [-0.2, 0) is 30.7 Å². The summed E-state index contributed by atoms with van der Waals surface area (Å²) in [5.41, 5.74) is 2.48. The molecule has 0 saturated carbocycles. The molecule has 1 saturated heterocycles. The van der Waals surface area contributed by atoms with Crippen LogP contribution in [0.15, 0.2) is 28.8 Å². The molecule has 1 aliphatic heterocycles. The summed E-state index contributed by atoms with van der Waals surface area (Å²) in [5, 5.41) is 6.86. The largest absolute Gasteiger partial charge is 0.352 e. The molecule has 2 aromatic rings. The number of aryl methyl sites for hydroxylation is 2. The van der Waals surface area contributed by atoms with Crippen molar-refractivity contribution < 1.29 is 9.32 Å². The molecule has 6 heteroatoms. The van der Waals surface area contributed by atoms with Gasteiger partial charge in [-0.2, -0.15) is 4.98 Å². The summed E-state index contributed by atoms with van der Waals surface area (Å²) in [6.07, 6.45) is 5.24. The second-order valence-corrected chi connectivity index (χ2v) is 7.89. The first-order chi connectivity index (χ1) is 13.6. The Bertz CT molecular complexity index is 741. The Morgan fingerprint density at radius 1 is 1.29 bits per heavy atom. The molecule has 0 aliphatic carbocycles. The average Bonchev–Trinajstić information content (AvgIpc) is 3.15. The number of amides is 1. The van der Waals surface area contributed by atoms with Crippen LogP contribution in [0.25, 0.3) is 0 Å². The molecule has 1 atom stereocenters. The van der Waals surface area contributed by atoms with E-state index in [2.05, 4.69) is 51.5 Å². The number of aromatic nitrogens is 2. The lowest BCUT2D eigenvalue weighted by Gasteiger charge is -2.30. The molecule has 1 fully saturated rings. The fourth-order valence-corrected chi connectivity index (χ4v) is 3.68. The quantitative estimate of drug-likeness (QED) is 0.716. The van der Waals surface area contributed by atoms with Gasteiger partial charge >= 0.3 is 0 Å². The summed E-state index contributed by atoms with van der Waals surface area (Å²) in [6.45, 7) is 8.31. The van der Waals surface area contributed by atoms with Gasteiger partial charge in [0.2, 0.25) is 11.8 Å². The molecule has 0 radical (unpaired) electrons. The Morgan fingerprint density at radius 3 is 2.79 bits per heavy atom. The maximum Gasteiger partial charge on any atom is 0.226 e. The molecule has 28 heavy (non-hydrogen) atoms. The van der Waals surface area contributed by atoms with Gasteiger partial charge in [0, 0.05) is 38.9 Å². The van der Waals surface area contributed by atoms with Gasteiger partial charge in [-0.1, -0.05) is 43.3 Å². The summed E-state index contributed by atoms with van der Waals surface area (Å²) < 4.78 is 5.14. The first-order valence-corrected chi connectivity index (χ1v) is 10.5. The lowest BCUT2D eigenvalue weighted by Crippen LogP contribution is -2.33. The van der Waals surface area contributed by atoms with E-state index in [4.69, 9.17) is 4.52 Å². The SMILES string of the molecule is CCc1noc(CCCC(=O)NCc2ccc(CN3CCCC(C)C3)cc2)n1. The Hall–Kier alpha value is -2.21. The minimum absolute atomic E-state index is 0.0570. The molecular weight excluding hydrogens is 352 g/mol. The van der Waals surface area contributed by atoms with Crippen LogP contribution in [0.1, 0.15) is 62.4 Å². The van der Waals surface area contributed by atoms with Crippen molar-refractivity contribution in [3.8, 4) is 0 Å². The molecule has 6 nitrogen and oxygen atoms in total. The highest BCUT2D eigenvalue weighted by Gasteiger charge is 2.16. The van der Waals surface area contributed by atoms with Crippen LogP contribution < -0.4 is 5.32 Å². The van der Waals surface area contributed by atoms with E-state index in [9.17, 15) is 4.79 Å². The van der Waals surface area contributed by atoms with E-state index in [1.807, 2.05) is 6.92 Å². The minimum Gasteiger partial charge on any atom is -0.352 e. The molecule has 2 heterocycles. The van der Waals surface area contributed by atoms with E-state index in [-0.39, 0.29) is 5.91 Å². The Balaban J connectivity index is 1.35. The van der Waals surface area contributed by atoms with Crippen molar-refractivity contribution in [2.75, 3.05) is 13.1 Å². The van der Waals surface area contributed by atoms with Crippen molar-refractivity contribution in [1.29, 1.82) is 0 Å². The third-order valence-electron chi connectivity index (χ3n) is 5.28. The fourth-order valence-electron chi connectivity index (χ4n) is 3.68. The number of piperidine rings is 1. The highest BCUT2D eigenvalue weighted by atomic mass is 16.5. The number of hydrogen-bond acceptors (Lipinski definition) is 5. The highest BCUT2D eigenvalue weighted by Crippen LogP contribution is 2.18. The Kier molecular flexibility index (Phi) is 7.60. The normalized spacial score (nSPS) is 17.6. The molecule has 1 amide bonds. The van der Waals surface area contributed by atoms with Gasteiger partial charge in [0.25, 0.3) is 0 Å². The lowest BCUT2D eigenvalue weighted by molar-refractivity contribution is -0.121. The number of hydrogen-bond donors (Lipinski definition) is 1. The third-order valence-corrected chi connectivity index (χ3v) is 5.28. The molecule has 1 aromatic carbocycles. The summed E-state index contributed by atoms with van der Waals surface area (Å²) >= 11 is 0. The van der Waals surface area contributed by atoms with Crippen molar-refractivity contribution >= 4 is 5.91 Å². The van der Waals surface area contributed by atoms with E-state index < -0.39 is 0 Å². The maximum absolute atomic E-state index is 12.0. The van der Waals surface area contributed by atoms with Gasteiger partial charge in [-0.3, -0.25) is 9.69 Å². The first-order valence-electron chi connectivity index (χ1n) is 10.5. The average molecular weight is 385 g/mol. The number of nitrogens with one attached hydrogen (secondary N) is 1.